The van der Waals surface area contributed by atoms with Gasteiger partial charge in [-0.05, 0) is 44.5 Å². The van der Waals surface area contributed by atoms with E-state index in [2.05, 4.69) is 93.2 Å². The molecule has 0 bridgehead atoms. The Labute approximate surface area is 261 Å². The van der Waals surface area contributed by atoms with Crippen molar-refractivity contribution in [3.8, 4) is 22.3 Å². The second-order valence-corrected chi connectivity index (χ2v) is 10.6. The van der Waals surface area contributed by atoms with Gasteiger partial charge >= 0.3 is 0 Å². The second-order valence-electron chi connectivity index (χ2n) is 10.6. The van der Waals surface area contributed by atoms with Gasteiger partial charge in [-0.25, -0.2) is 0 Å². The number of rotatable bonds is 10. The molecule has 8 heteroatoms. The quantitative estimate of drug-likeness (QED) is 0.0773. The molecular formula is C37H32N8. The Kier molecular flexibility index (Phi) is 8.02. The number of nitrogens with two attached hydrogens (primary N) is 2. The molecule has 0 radical (unpaired) electrons. The first-order chi connectivity index (χ1) is 22.1. The molecule has 0 aliphatic carbocycles. The Morgan fingerprint density at radius 1 is 0.511 bits per heavy atom. The zero-order valence-corrected chi connectivity index (χ0v) is 24.4. The molecule has 0 spiro atoms. The summed E-state index contributed by atoms with van der Waals surface area (Å²) in [7, 11) is 0. The van der Waals surface area contributed by atoms with Gasteiger partial charge in [0.15, 0.2) is 0 Å². The number of nitrogens with one attached hydrogen (secondary N) is 4. The fourth-order valence-electron chi connectivity index (χ4n) is 5.92. The van der Waals surface area contributed by atoms with Crippen molar-refractivity contribution in [2.45, 2.75) is 5.41 Å². The van der Waals surface area contributed by atoms with Crippen LogP contribution in [0.2, 0.25) is 0 Å². The van der Waals surface area contributed by atoms with Crippen LogP contribution in [0.15, 0.2) is 134 Å². The third-order valence-corrected chi connectivity index (χ3v) is 8.27. The molecule has 0 atom stereocenters. The van der Waals surface area contributed by atoms with E-state index >= 15 is 0 Å². The highest BCUT2D eigenvalue weighted by Crippen LogP contribution is 2.46. The van der Waals surface area contributed by atoms with E-state index in [9.17, 15) is 0 Å². The largest absolute Gasteiger partial charge is 0.404 e. The van der Waals surface area contributed by atoms with Gasteiger partial charge in [-0.1, -0.05) is 97.1 Å². The van der Waals surface area contributed by atoms with E-state index in [1.807, 2.05) is 49.1 Å². The molecule has 8 N–H and O–H groups in total. The maximum atomic E-state index is 7.81. The number of hydrogen-bond acceptors (Lipinski definition) is 6. The number of allylic oxidation sites excluding steroid dienone is 2. The fourth-order valence-corrected chi connectivity index (χ4v) is 5.92. The van der Waals surface area contributed by atoms with Crippen LogP contribution in [0.1, 0.15) is 33.4 Å². The minimum Gasteiger partial charge on any atom is -0.404 e. The summed E-state index contributed by atoms with van der Waals surface area (Å²) in [6.45, 7) is 0. The van der Waals surface area contributed by atoms with Crippen LogP contribution in [0.5, 0.6) is 0 Å². The van der Waals surface area contributed by atoms with E-state index < -0.39 is 5.41 Å². The van der Waals surface area contributed by atoms with Crippen LogP contribution in [-0.4, -0.2) is 32.8 Å². The molecule has 45 heavy (non-hydrogen) atoms. The second kappa shape index (κ2) is 12.5. The summed E-state index contributed by atoms with van der Waals surface area (Å²) in [5.74, 6) is 0. The SMILES string of the molecule is N=C/C(=C\N)c1ccc(C(c2ccc(/C(C=N)=C/N)cc2)(c2ccc(-c3cn[nH]c3)cc2)c2ccc(-c3cn[nH]c3)cc2)cc1. The smallest absolute Gasteiger partial charge is 0.0701 e. The van der Waals surface area contributed by atoms with E-state index in [-0.39, 0.29) is 0 Å². The molecule has 8 nitrogen and oxygen atoms in total. The predicted octanol–water partition coefficient (Wildman–Crippen LogP) is 6.75. The fraction of sp³-hybridized carbons (Fsp3) is 0.0270. The number of aromatic amines is 2. The molecule has 0 amide bonds. The number of nitrogens with zero attached hydrogens (tertiary/aromatic N) is 2. The van der Waals surface area contributed by atoms with Crippen LogP contribution in [0, 0.1) is 10.8 Å². The van der Waals surface area contributed by atoms with E-state index in [1.165, 1.54) is 24.8 Å². The number of H-pyrrole nitrogens is 2. The molecule has 6 rings (SSSR count). The lowest BCUT2D eigenvalue weighted by molar-refractivity contribution is 0.745. The van der Waals surface area contributed by atoms with Gasteiger partial charge in [0.25, 0.3) is 0 Å². The molecular weight excluding hydrogens is 556 g/mol. The highest BCUT2D eigenvalue weighted by atomic mass is 15.1. The zero-order valence-electron chi connectivity index (χ0n) is 24.4. The van der Waals surface area contributed by atoms with Gasteiger partial charge in [0.05, 0.1) is 17.8 Å². The monoisotopic (exact) mass is 588 g/mol. The lowest BCUT2D eigenvalue weighted by Crippen LogP contribution is -2.31. The van der Waals surface area contributed by atoms with Gasteiger partial charge in [0, 0.05) is 59.5 Å². The molecule has 0 aliphatic heterocycles. The van der Waals surface area contributed by atoms with Crippen LogP contribution in [0.4, 0.5) is 0 Å². The third-order valence-electron chi connectivity index (χ3n) is 8.27. The molecule has 0 unspecified atom stereocenters. The van der Waals surface area contributed by atoms with E-state index in [0.717, 1.165) is 55.6 Å². The summed E-state index contributed by atoms with van der Waals surface area (Å²) >= 11 is 0. The lowest BCUT2D eigenvalue weighted by Gasteiger charge is -2.37. The van der Waals surface area contributed by atoms with Gasteiger partial charge in [-0.15, -0.1) is 0 Å². The first-order valence-electron chi connectivity index (χ1n) is 14.4. The van der Waals surface area contributed by atoms with Crippen molar-refractivity contribution in [1.82, 2.24) is 20.4 Å². The van der Waals surface area contributed by atoms with Gasteiger partial charge in [-0.2, -0.15) is 10.2 Å². The zero-order chi connectivity index (χ0) is 31.2. The average Bonchev–Trinajstić information content (AvgIpc) is 3.84. The highest BCUT2D eigenvalue weighted by Gasteiger charge is 2.38. The van der Waals surface area contributed by atoms with Crippen LogP contribution >= 0.6 is 0 Å². The molecule has 0 aliphatic rings. The van der Waals surface area contributed by atoms with E-state index in [1.54, 1.807) is 0 Å². The molecule has 6 aromatic rings. The number of aromatic nitrogens is 4. The van der Waals surface area contributed by atoms with E-state index in [0.29, 0.717) is 11.1 Å². The van der Waals surface area contributed by atoms with Crippen molar-refractivity contribution in [2.75, 3.05) is 0 Å². The van der Waals surface area contributed by atoms with Crippen molar-refractivity contribution in [2.24, 2.45) is 11.5 Å². The standard InChI is InChI=1S/C37H32N8/c38-17-29(18-39)25-1-9-33(10-2-25)37(34-11-3-26(4-12-34)30(19-40)20-41,35-13-5-27(6-14-35)31-21-42-43-22-31)36-15-7-28(8-16-36)32-23-44-45-24-32/h1-24,38,40H,39,41H2,(H,42,43)(H,44,45)/b29-18+,30-20+,38-17?,40-19?. The van der Waals surface area contributed by atoms with E-state index in [4.69, 9.17) is 22.3 Å². The summed E-state index contributed by atoms with van der Waals surface area (Å²) in [5.41, 5.74) is 22.2. The Morgan fingerprint density at radius 2 is 0.844 bits per heavy atom. The normalized spacial score (nSPS) is 12.2. The maximum Gasteiger partial charge on any atom is 0.0701 e. The van der Waals surface area contributed by atoms with Crippen LogP contribution in [0.3, 0.4) is 0 Å². The Bertz CT molecular complexity index is 1800. The Hall–Kier alpha value is -6.28. The Morgan fingerprint density at radius 3 is 1.11 bits per heavy atom. The van der Waals surface area contributed by atoms with Crippen molar-refractivity contribution in [3.05, 3.63) is 168 Å². The van der Waals surface area contributed by atoms with Crippen LogP contribution in [-0.2, 0) is 5.41 Å². The first-order valence-corrected chi connectivity index (χ1v) is 14.4. The molecule has 0 saturated heterocycles. The molecule has 0 saturated carbocycles. The lowest BCUT2D eigenvalue weighted by atomic mass is 9.64. The topological polar surface area (TPSA) is 157 Å². The highest BCUT2D eigenvalue weighted by molar-refractivity contribution is 6.08. The summed E-state index contributed by atoms with van der Waals surface area (Å²) in [4.78, 5) is 0. The average molecular weight is 589 g/mol. The van der Waals surface area contributed by atoms with Crippen molar-refractivity contribution < 1.29 is 0 Å². The molecule has 0 fully saturated rings. The van der Waals surface area contributed by atoms with Gasteiger partial charge in [0.1, 0.15) is 0 Å². The molecule has 2 aromatic heterocycles. The van der Waals surface area contributed by atoms with Crippen LogP contribution in [0.25, 0.3) is 33.4 Å². The molecule has 220 valence electrons. The number of benzene rings is 4. The summed E-state index contributed by atoms with van der Waals surface area (Å²) in [5, 5.41) is 29.7. The minimum absolute atomic E-state index is 0.637. The van der Waals surface area contributed by atoms with Crippen LogP contribution < -0.4 is 11.5 Å². The van der Waals surface area contributed by atoms with Gasteiger partial charge < -0.3 is 22.3 Å². The van der Waals surface area contributed by atoms with Gasteiger partial charge in [-0.3, -0.25) is 10.2 Å². The molecule has 2 heterocycles. The molecule has 4 aromatic carbocycles. The van der Waals surface area contributed by atoms with Crippen molar-refractivity contribution in [1.29, 1.82) is 10.8 Å². The summed E-state index contributed by atoms with van der Waals surface area (Å²) < 4.78 is 0. The Balaban J connectivity index is 1.62. The third kappa shape index (κ3) is 5.25. The maximum absolute atomic E-state index is 7.81. The van der Waals surface area contributed by atoms with Crippen molar-refractivity contribution in [3.63, 3.8) is 0 Å². The summed E-state index contributed by atoms with van der Waals surface area (Å²) in [6, 6.07) is 33.6. The summed E-state index contributed by atoms with van der Waals surface area (Å²) in [6.07, 6.45) is 12.8. The first kappa shape index (κ1) is 28.8. The predicted molar refractivity (Wildman–Crippen MR) is 182 cm³/mol. The van der Waals surface area contributed by atoms with Gasteiger partial charge in [0.2, 0.25) is 0 Å². The number of hydrogen-bond donors (Lipinski definition) is 6. The van der Waals surface area contributed by atoms with Crippen molar-refractivity contribution >= 4 is 23.6 Å². The minimum atomic E-state index is -0.741.